The minimum absolute atomic E-state index is 0.0135. The number of imidazole rings is 1. The molecule has 1 aromatic carbocycles. The Bertz CT molecular complexity index is 1560. The lowest BCUT2D eigenvalue weighted by atomic mass is 10.1. The highest BCUT2D eigenvalue weighted by molar-refractivity contribution is 5.70. The summed E-state index contributed by atoms with van der Waals surface area (Å²) in [7, 11) is 0. The standard InChI is InChI=1S/C24H19F2N9O2/c1-15(12-34-14-30-32-33-34)37-17-4-2-3-16(9-17)19-5-6-23-29-11-20(35(23)31-19)24-18(10-27)21(7-8-28-24)36-13-22(25)26/h2-9,11,14-15,22H,12-13H2,1H3. The maximum absolute atomic E-state index is 12.7. The lowest BCUT2D eigenvalue weighted by molar-refractivity contribution is 0.0817. The van der Waals surface area contributed by atoms with Crippen molar-refractivity contribution in [1.82, 2.24) is 39.8 Å². The van der Waals surface area contributed by atoms with Crippen LogP contribution >= 0.6 is 0 Å². The predicted molar refractivity (Wildman–Crippen MR) is 126 cm³/mol. The minimum atomic E-state index is -2.68. The fraction of sp³-hybridized carbons (Fsp3) is 0.208. The molecule has 13 heteroatoms. The quantitative estimate of drug-likeness (QED) is 0.297. The average Bonchev–Trinajstić information content (AvgIpc) is 3.56. The van der Waals surface area contributed by atoms with Gasteiger partial charge in [-0.3, -0.25) is 4.98 Å². The average molecular weight is 503 g/mol. The number of nitrogens with zero attached hydrogens (tertiary/aromatic N) is 9. The van der Waals surface area contributed by atoms with Gasteiger partial charge in [-0.2, -0.15) is 10.4 Å². The Hall–Kier alpha value is -4.99. The molecule has 0 bridgehead atoms. The zero-order valence-corrected chi connectivity index (χ0v) is 19.4. The fourth-order valence-corrected chi connectivity index (χ4v) is 3.73. The van der Waals surface area contributed by atoms with Gasteiger partial charge in [0.1, 0.15) is 53.6 Å². The van der Waals surface area contributed by atoms with Gasteiger partial charge in [0.15, 0.2) is 5.65 Å². The molecule has 1 atom stereocenters. The van der Waals surface area contributed by atoms with Gasteiger partial charge >= 0.3 is 0 Å². The van der Waals surface area contributed by atoms with Gasteiger partial charge in [0.05, 0.1) is 18.4 Å². The monoisotopic (exact) mass is 503 g/mol. The number of benzene rings is 1. The van der Waals surface area contributed by atoms with Gasteiger partial charge in [-0.1, -0.05) is 12.1 Å². The van der Waals surface area contributed by atoms with Crippen LogP contribution in [0.25, 0.3) is 28.3 Å². The molecule has 0 spiro atoms. The molecule has 4 heterocycles. The summed E-state index contributed by atoms with van der Waals surface area (Å²) in [5.41, 5.74) is 2.58. The van der Waals surface area contributed by atoms with E-state index >= 15 is 0 Å². The molecule has 0 saturated carbocycles. The number of pyridine rings is 1. The number of nitriles is 1. The zero-order valence-electron chi connectivity index (χ0n) is 19.4. The van der Waals surface area contributed by atoms with Crippen LogP contribution in [-0.2, 0) is 6.54 Å². The Kier molecular flexibility index (Phi) is 6.62. The van der Waals surface area contributed by atoms with Crippen molar-refractivity contribution in [3.8, 4) is 40.2 Å². The number of tetrazole rings is 1. The van der Waals surface area contributed by atoms with Crippen molar-refractivity contribution in [2.75, 3.05) is 6.61 Å². The molecule has 0 fully saturated rings. The van der Waals surface area contributed by atoms with Crippen LogP contribution < -0.4 is 9.47 Å². The Morgan fingerprint density at radius 3 is 2.81 bits per heavy atom. The summed E-state index contributed by atoms with van der Waals surface area (Å²) < 4.78 is 39.6. The molecule has 5 aromatic rings. The summed E-state index contributed by atoms with van der Waals surface area (Å²) in [5, 5.41) is 25.5. The van der Waals surface area contributed by atoms with Gasteiger partial charge in [0.2, 0.25) is 0 Å². The fourth-order valence-electron chi connectivity index (χ4n) is 3.73. The second kappa shape index (κ2) is 10.3. The molecule has 186 valence electrons. The Balaban J connectivity index is 1.46. The number of aromatic nitrogens is 8. The van der Waals surface area contributed by atoms with E-state index in [1.165, 1.54) is 24.8 Å². The van der Waals surface area contributed by atoms with Crippen LogP contribution in [0.2, 0.25) is 0 Å². The number of ether oxygens (including phenoxy) is 2. The second-order valence-corrected chi connectivity index (χ2v) is 7.97. The molecule has 0 radical (unpaired) electrons. The van der Waals surface area contributed by atoms with Gasteiger partial charge < -0.3 is 9.47 Å². The van der Waals surface area contributed by atoms with Crippen LogP contribution in [0.5, 0.6) is 11.5 Å². The summed E-state index contributed by atoms with van der Waals surface area (Å²) in [5.74, 6) is 0.655. The van der Waals surface area contributed by atoms with E-state index in [-0.39, 0.29) is 23.1 Å². The van der Waals surface area contributed by atoms with Crippen LogP contribution in [0.3, 0.4) is 0 Å². The van der Waals surface area contributed by atoms with Crippen molar-refractivity contribution in [2.45, 2.75) is 26.0 Å². The van der Waals surface area contributed by atoms with Crippen LogP contribution in [-0.4, -0.2) is 58.9 Å². The second-order valence-electron chi connectivity index (χ2n) is 7.97. The van der Waals surface area contributed by atoms with Crippen molar-refractivity contribution in [3.05, 3.63) is 66.7 Å². The minimum Gasteiger partial charge on any atom is -0.489 e. The molecule has 37 heavy (non-hydrogen) atoms. The first-order valence-corrected chi connectivity index (χ1v) is 11.1. The summed E-state index contributed by atoms with van der Waals surface area (Å²) in [6, 6.07) is 14.4. The van der Waals surface area contributed by atoms with Gasteiger partial charge in [0.25, 0.3) is 6.43 Å². The van der Waals surface area contributed by atoms with E-state index in [9.17, 15) is 14.0 Å². The first-order valence-electron chi connectivity index (χ1n) is 11.1. The van der Waals surface area contributed by atoms with E-state index in [0.29, 0.717) is 29.3 Å². The van der Waals surface area contributed by atoms with Crippen molar-refractivity contribution in [3.63, 3.8) is 0 Å². The number of fused-ring (bicyclic) bond motifs is 1. The largest absolute Gasteiger partial charge is 0.489 e. The summed E-state index contributed by atoms with van der Waals surface area (Å²) in [4.78, 5) is 8.63. The van der Waals surface area contributed by atoms with E-state index in [1.54, 1.807) is 15.3 Å². The summed E-state index contributed by atoms with van der Waals surface area (Å²) in [6.45, 7) is 1.56. The van der Waals surface area contributed by atoms with Gasteiger partial charge in [-0.05, 0) is 47.7 Å². The molecule has 1 unspecified atom stereocenters. The third-order valence-electron chi connectivity index (χ3n) is 5.30. The van der Waals surface area contributed by atoms with Gasteiger partial charge in [-0.25, -0.2) is 23.0 Å². The van der Waals surface area contributed by atoms with E-state index in [0.717, 1.165) is 5.56 Å². The van der Waals surface area contributed by atoms with Crippen LogP contribution in [0.1, 0.15) is 12.5 Å². The summed E-state index contributed by atoms with van der Waals surface area (Å²) >= 11 is 0. The van der Waals surface area contributed by atoms with Crippen molar-refractivity contribution >= 4 is 5.65 Å². The van der Waals surface area contributed by atoms with Crippen LogP contribution in [0, 0.1) is 11.3 Å². The highest BCUT2D eigenvalue weighted by atomic mass is 19.3. The first kappa shape index (κ1) is 23.7. The molecule has 5 rings (SSSR count). The highest BCUT2D eigenvalue weighted by Gasteiger charge is 2.19. The third kappa shape index (κ3) is 5.18. The molecule has 0 N–H and O–H groups in total. The van der Waals surface area contributed by atoms with E-state index in [2.05, 4.69) is 25.5 Å². The van der Waals surface area contributed by atoms with Crippen LogP contribution in [0.4, 0.5) is 8.78 Å². The zero-order chi connectivity index (χ0) is 25.8. The molecule has 0 amide bonds. The van der Waals surface area contributed by atoms with Crippen molar-refractivity contribution in [2.24, 2.45) is 0 Å². The topological polar surface area (TPSA) is 129 Å². The normalized spacial score (nSPS) is 12.0. The third-order valence-corrected chi connectivity index (χ3v) is 5.30. The van der Waals surface area contributed by atoms with E-state index in [1.807, 2.05) is 43.3 Å². The maximum Gasteiger partial charge on any atom is 0.272 e. The molecule has 0 aliphatic heterocycles. The van der Waals surface area contributed by atoms with E-state index in [4.69, 9.17) is 14.6 Å². The lowest BCUT2D eigenvalue weighted by Gasteiger charge is -2.15. The van der Waals surface area contributed by atoms with Crippen molar-refractivity contribution in [1.29, 1.82) is 5.26 Å². The number of hydrogen-bond donors (Lipinski definition) is 0. The summed E-state index contributed by atoms with van der Waals surface area (Å²) in [6.07, 6.45) is 1.56. The lowest BCUT2D eigenvalue weighted by Crippen LogP contribution is -2.20. The SMILES string of the molecule is CC(Cn1cnnn1)Oc1cccc(-c2ccc3ncc(-c4nccc(OCC(F)F)c4C#N)n3n2)c1. The molecular formula is C24H19F2N9O2. The van der Waals surface area contributed by atoms with E-state index < -0.39 is 13.0 Å². The number of alkyl halides is 2. The maximum atomic E-state index is 12.7. The Morgan fingerprint density at radius 2 is 2.03 bits per heavy atom. The first-order chi connectivity index (χ1) is 18.0. The van der Waals surface area contributed by atoms with Crippen LogP contribution in [0.15, 0.2) is 61.2 Å². The number of hydrogen-bond acceptors (Lipinski definition) is 9. The predicted octanol–water partition coefficient (Wildman–Crippen LogP) is 3.43. The molecule has 4 aromatic heterocycles. The smallest absolute Gasteiger partial charge is 0.272 e. The van der Waals surface area contributed by atoms with Crippen molar-refractivity contribution < 1.29 is 18.3 Å². The highest BCUT2D eigenvalue weighted by Crippen LogP contribution is 2.30. The molecular weight excluding hydrogens is 484 g/mol. The van der Waals surface area contributed by atoms with Gasteiger partial charge in [-0.15, -0.1) is 5.10 Å². The molecule has 0 aliphatic carbocycles. The number of halogens is 2. The van der Waals surface area contributed by atoms with Gasteiger partial charge in [0, 0.05) is 11.8 Å². The molecule has 11 nitrogen and oxygen atoms in total. The number of rotatable bonds is 9. The molecule has 0 aliphatic rings. The molecule has 0 saturated heterocycles. The Labute approximate surface area is 208 Å². The Morgan fingerprint density at radius 1 is 1.14 bits per heavy atom.